The van der Waals surface area contributed by atoms with E-state index in [1.54, 1.807) is 0 Å². The van der Waals surface area contributed by atoms with Crippen LogP contribution in [-0.4, -0.2) is 31.1 Å². The van der Waals surface area contributed by atoms with E-state index in [0.29, 0.717) is 0 Å². The molecule has 114 valence electrons. The molecule has 0 saturated heterocycles. The molecule has 2 N–H and O–H groups in total. The molecule has 0 aromatic carbocycles. The lowest BCUT2D eigenvalue weighted by atomic mass is 10.3. The summed E-state index contributed by atoms with van der Waals surface area (Å²) in [6, 6.07) is 4.40. The lowest BCUT2D eigenvalue weighted by Gasteiger charge is -2.10. The Labute approximate surface area is 131 Å². The molecule has 0 bridgehead atoms. The van der Waals surface area contributed by atoms with Crippen LogP contribution in [0.3, 0.4) is 0 Å². The molecule has 20 heavy (non-hydrogen) atoms. The van der Waals surface area contributed by atoms with Crippen molar-refractivity contribution in [1.29, 1.82) is 0 Å². The second-order valence-electron chi connectivity index (χ2n) is 4.54. The highest BCUT2D eigenvalue weighted by atomic mass is 32.2. The van der Waals surface area contributed by atoms with Gasteiger partial charge in [0.15, 0.2) is 5.96 Å². The molecule has 3 nitrogen and oxygen atoms in total. The van der Waals surface area contributed by atoms with Crippen LogP contribution in [0.15, 0.2) is 17.1 Å². The predicted octanol–water partition coefficient (Wildman–Crippen LogP) is 3.51. The van der Waals surface area contributed by atoms with Gasteiger partial charge in [-0.05, 0) is 50.3 Å². The van der Waals surface area contributed by atoms with Crippen LogP contribution < -0.4 is 10.6 Å². The van der Waals surface area contributed by atoms with Gasteiger partial charge in [-0.2, -0.15) is 11.8 Å². The number of thiophene rings is 1. The van der Waals surface area contributed by atoms with E-state index in [-0.39, 0.29) is 0 Å². The Balaban J connectivity index is 2.37. The van der Waals surface area contributed by atoms with Crippen molar-refractivity contribution >= 4 is 29.1 Å². The fourth-order valence-corrected chi connectivity index (χ4v) is 3.15. The Morgan fingerprint density at radius 2 is 2.00 bits per heavy atom. The second-order valence-corrected chi connectivity index (χ2v) is 6.78. The van der Waals surface area contributed by atoms with Crippen molar-refractivity contribution in [2.75, 3.05) is 25.1 Å². The molecule has 1 heterocycles. The number of rotatable bonds is 9. The van der Waals surface area contributed by atoms with Crippen molar-refractivity contribution in [2.24, 2.45) is 4.99 Å². The Morgan fingerprint density at radius 3 is 2.65 bits per heavy atom. The Morgan fingerprint density at radius 1 is 1.20 bits per heavy atom. The average molecular weight is 314 g/mol. The monoisotopic (exact) mass is 313 g/mol. The summed E-state index contributed by atoms with van der Waals surface area (Å²) >= 11 is 3.77. The third-order valence-electron chi connectivity index (χ3n) is 2.87. The summed E-state index contributed by atoms with van der Waals surface area (Å²) < 4.78 is 0. The lowest BCUT2D eigenvalue weighted by Crippen LogP contribution is -2.37. The highest BCUT2D eigenvalue weighted by Gasteiger charge is 2.00. The maximum atomic E-state index is 4.65. The van der Waals surface area contributed by atoms with Gasteiger partial charge < -0.3 is 10.6 Å². The summed E-state index contributed by atoms with van der Waals surface area (Å²) in [6.07, 6.45) is 5.73. The largest absolute Gasteiger partial charge is 0.357 e. The van der Waals surface area contributed by atoms with Crippen LogP contribution in [0.5, 0.6) is 0 Å². The van der Waals surface area contributed by atoms with Gasteiger partial charge in [-0.15, -0.1) is 11.3 Å². The van der Waals surface area contributed by atoms with Crippen molar-refractivity contribution in [3.8, 4) is 0 Å². The molecule has 1 aromatic rings. The first-order chi connectivity index (χ1) is 9.80. The van der Waals surface area contributed by atoms with E-state index in [9.17, 15) is 0 Å². The summed E-state index contributed by atoms with van der Waals surface area (Å²) in [5, 5.41) is 6.71. The molecule has 0 unspecified atom stereocenters. The molecule has 0 amide bonds. The van der Waals surface area contributed by atoms with Crippen LogP contribution in [0.2, 0.25) is 0 Å². The van der Waals surface area contributed by atoms with Gasteiger partial charge in [-0.1, -0.05) is 6.92 Å². The zero-order valence-electron chi connectivity index (χ0n) is 12.9. The molecule has 0 spiro atoms. The number of hydrogen-bond donors (Lipinski definition) is 2. The highest BCUT2D eigenvalue weighted by molar-refractivity contribution is 7.98. The fourth-order valence-electron chi connectivity index (χ4n) is 1.77. The first-order valence-electron chi connectivity index (χ1n) is 7.38. The third-order valence-corrected chi connectivity index (χ3v) is 4.78. The van der Waals surface area contributed by atoms with Crippen molar-refractivity contribution in [2.45, 2.75) is 39.7 Å². The van der Waals surface area contributed by atoms with Gasteiger partial charge in [-0.25, -0.2) is 4.99 Å². The highest BCUT2D eigenvalue weighted by Crippen LogP contribution is 2.17. The van der Waals surface area contributed by atoms with E-state index in [1.165, 1.54) is 28.3 Å². The van der Waals surface area contributed by atoms with Gasteiger partial charge in [0.1, 0.15) is 0 Å². The minimum atomic E-state index is 0.769. The van der Waals surface area contributed by atoms with E-state index in [1.807, 2.05) is 23.1 Å². The normalized spacial score (nSPS) is 11.7. The maximum absolute atomic E-state index is 4.65. The Kier molecular flexibility index (Phi) is 9.58. The molecule has 0 fully saturated rings. The van der Waals surface area contributed by atoms with Crippen LogP contribution in [0.4, 0.5) is 0 Å². The summed E-state index contributed by atoms with van der Waals surface area (Å²) in [7, 11) is 0. The number of aryl methyl sites for hydroxylation is 1. The van der Waals surface area contributed by atoms with Gasteiger partial charge >= 0.3 is 0 Å². The minimum absolute atomic E-state index is 0.769. The molecule has 0 aliphatic carbocycles. The second kappa shape index (κ2) is 11.0. The molecule has 0 atom stereocenters. The van der Waals surface area contributed by atoms with Crippen LogP contribution in [0.1, 0.15) is 36.4 Å². The van der Waals surface area contributed by atoms with E-state index in [0.717, 1.165) is 32.0 Å². The van der Waals surface area contributed by atoms with E-state index in [4.69, 9.17) is 0 Å². The molecule has 0 radical (unpaired) electrons. The topological polar surface area (TPSA) is 36.4 Å². The lowest BCUT2D eigenvalue weighted by molar-refractivity contribution is 0.735. The first-order valence-corrected chi connectivity index (χ1v) is 9.59. The van der Waals surface area contributed by atoms with Gasteiger partial charge in [0, 0.05) is 22.8 Å². The number of guanidine groups is 1. The quantitative estimate of drug-likeness (QED) is 0.416. The smallest absolute Gasteiger partial charge is 0.191 e. The molecule has 0 aliphatic heterocycles. The molecular weight excluding hydrogens is 286 g/mol. The van der Waals surface area contributed by atoms with Gasteiger partial charge in [0.05, 0.1) is 6.54 Å². The predicted molar refractivity (Wildman–Crippen MR) is 94.1 cm³/mol. The summed E-state index contributed by atoms with van der Waals surface area (Å²) in [5.74, 6) is 2.17. The van der Waals surface area contributed by atoms with Crippen molar-refractivity contribution < 1.29 is 0 Å². The Bertz CT molecular complexity index is 388. The molecule has 0 aliphatic rings. The summed E-state index contributed by atoms with van der Waals surface area (Å²) in [6.45, 7) is 6.97. The zero-order valence-corrected chi connectivity index (χ0v) is 14.5. The van der Waals surface area contributed by atoms with E-state index < -0.39 is 0 Å². The van der Waals surface area contributed by atoms with Crippen LogP contribution in [-0.2, 0) is 13.0 Å². The molecular formula is C15H27N3S2. The Hall–Kier alpha value is -0.680. The van der Waals surface area contributed by atoms with Gasteiger partial charge in [0.25, 0.3) is 0 Å². The van der Waals surface area contributed by atoms with E-state index in [2.05, 4.69) is 47.9 Å². The van der Waals surface area contributed by atoms with E-state index >= 15 is 0 Å². The van der Waals surface area contributed by atoms with Gasteiger partial charge in [0.2, 0.25) is 0 Å². The third kappa shape index (κ3) is 7.20. The average Bonchev–Trinajstić information content (AvgIpc) is 2.92. The van der Waals surface area contributed by atoms with Crippen molar-refractivity contribution in [3.05, 3.63) is 21.9 Å². The number of nitrogens with zero attached hydrogens (tertiary/aromatic N) is 1. The number of nitrogens with one attached hydrogen (secondary N) is 2. The van der Waals surface area contributed by atoms with Crippen LogP contribution in [0.25, 0.3) is 0 Å². The molecule has 1 aromatic heterocycles. The van der Waals surface area contributed by atoms with Crippen molar-refractivity contribution in [3.63, 3.8) is 0 Å². The molecule has 0 saturated carbocycles. The number of thioether (sulfide) groups is 1. The molecule has 1 rings (SSSR count). The van der Waals surface area contributed by atoms with Crippen LogP contribution >= 0.6 is 23.1 Å². The summed E-state index contributed by atoms with van der Waals surface area (Å²) in [5.41, 5.74) is 0. The standard InChI is InChI=1S/C15H27N3S2/c1-4-13-8-9-14(20-13)12-18-15(16-5-2)17-10-6-7-11-19-3/h8-9H,4-7,10-12H2,1-3H3,(H2,16,17,18). The number of aliphatic imine (C=N–C) groups is 1. The summed E-state index contributed by atoms with van der Waals surface area (Å²) in [4.78, 5) is 7.42. The fraction of sp³-hybridized carbons (Fsp3) is 0.667. The molecule has 5 heteroatoms. The van der Waals surface area contributed by atoms with Crippen molar-refractivity contribution in [1.82, 2.24) is 10.6 Å². The zero-order chi connectivity index (χ0) is 14.6. The SMILES string of the molecule is CCNC(=NCc1ccc(CC)s1)NCCCCSC. The number of hydrogen-bond acceptors (Lipinski definition) is 3. The minimum Gasteiger partial charge on any atom is -0.357 e. The maximum Gasteiger partial charge on any atom is 0.191 e. The first kappa shape index (κ1) is 17.4. The van der Waals surface area contributed by atoms with Crippen LogP contribution in [0, 0.1) is 0 Å². The number of unbranched alkanes of at least 4 members (excludes halogenated alkanes) is 1. The van der Waals surface area contributed by atoms with Gasteiger partial charge in [-0.3, -0.25) is 0 Å².